The summed E-state index contributed by atoms with van der Waals surface area (Å²) in [5.41, 5.74) is 2.49. The average molecular weight is 372 g/mol. The molecule has 0 radical (unpaired) electrons. The molecule has 0 bridgehead atoms. The zero-order valence-corrected chi connectivity index (χ0v) is 17.2. The van der Waals surface area contributed by atoms with Crippen molar-refractivity contribution >= 4 is 5.96 Å². The third kappa shape index (κ3) is 6.71. The number of aromatic nitrogens is 2. The highest BCUT2D eigenvalue weighted by atomic mass is 16.5. The first kappa shape index (κ1) is 21.0. The number of ether oxygens (including phenoxy) is 1. The van der Waals surface area contributed by atoms with E-state index in [-0.39, 0.29) is 11.5 Å². The van der Waals surface area contributed by atoms with Gasteiger partial charge in [0.25, 0.3) is 0 Å². The van der Waals surface area contributed by atoms with E-state index in [0.717, 1.165) is 19.0 Å². The summed E-state index contributed by atoms with van der Waals surface area (Å²) in [7, 11) is 1.76. The van der Waals surface area contributed by atoms with Crippen LogP contribution in [-0.2, 0) is 17.8 Å². The van der Waals surface area contributed by atoms with E-state index in [1.807, 2.05) is 16.9 Å². The van der Waals surface area contributed by atoms with Crippen LogP contribution in [0.25, 0.3) is 0 Å². The van der Waals surface area contributed by atoms with Crippen molar-refractivity contribution in [3.8, 4) is 0 Å². The first-order valence-electron chi connectivity index (χ1n) is 9.53. The molecule has 0 aliphatic carbocycles. The van der Waals surface area contributed by atoms with E-state index in [2.05, 4.69) is 67.7 Å². The molecule has 1 atom stereocenters. The lowest BCUT2D eigenvalue weighted by atomic mass is 9.89. The van der Waals surface area contributed by atoms with Crippen LogP contribution in [0.5, 0.6) is 0 Å². The van der Waals surface area contributed by atoms with Gasteiger partial charge in [0.05, 0.1) is 19.2 Å². The predicted molar refractivity (Wildman–Crippen MR) is 111 cm³/mol. The number of guanidine groups is 1. The number of nitrogens with zero attached hydrogens (tertiary/aromatic N) is 3. The molecule has 27 heavy (non-hydrogen) atoms. The van der Waals surface area contributed by atoms with Gasteiger partial charge in [-0.05, 0) is 29.5 Å². The van der Waals surface area contributed by atoms with Crippen molar-refractivity contribution in [3.05, 3.63) is 53.9 Å². The Morgan fingerprint density at radius 2 is 1.93 bits per heavy atom. The highest BCUT2D eigenvalue weighted by molar-refractivity contribution is 5.79. The molecule has 1 unspecified atom stereocenters. The average Bonchev–Trinajstić information content (AvgIpc) is 3.13. The maximum Gasteiger partial charge on any atom is 0.191 e. The SMILES string of the molecule is CCNC(=NCc1ccccc1Cn1cccn1)NCC(OC)C(C)(C)C. The molecule has 0 spiro atoms. The van der Waals surface area contributed by atoms with Crippen molar-refractivity contribution in [2.75, 3.05) is 20.2 Å². The van der Waals surface area contributed by atoms with Gasteiger partial charge in [0.15, 0.2) is 5.96 Å². The van der Waals surface area contributed by atoms with Crippen molar-refractivity contribution in [1.29, 1.82) is 0 Å². The largest absolute Gasteiger partial charge is 0.379 e. The zero-order valence-electron chi connectivity index (χ0n) is 17.2. The number of aliphatic imine (C=N–C) groups is 1. The van der Waals surface area contributed by atoms with Gasteiger partial charge in [-0.25, -0.2) is 4.99 Å². The molecule has 1 heterocycles. The highest BCUT2D eigenvalue weighted by Gasteiger charge is 2.24. The first-order chi connectivity index (χ1) is 12.9. The summed E-state index contributed by atoms with van der Waals surface area (Å²) in [5.74, 6) is 0.803. The van der Waals surface area contributed by atoms with Crippen LogP contribution in [0.15, 0.2) is 47.7 Å². The van der Waals surface area contributed by atoms with Crippen LogP contribution in [0, 0.1) is 5.41 Å². The molecule has 0 amide bonds. The Morgan fingerprint density at radius 1 is 1.19 bits per heavy atom. The van der Waals surface area contributed by atoms with Gasteiger partial charge in [-0.3, -0.25) is 4.68 Å². The van der Waals surface area contributed by atoms with Crippen LogP contribution >= 0.6 is 0 Å². The van der Waals surface area contributed by atoms with Crippen LogP contribution < -0.4 is 10.6 Å². The number of benzene rings is 1. The smallest absolute Gasteiger partial charge is 0.191 e. The minimum Gasteiger partial charge on any atom is -0.379 e. The van der Waals surface area contributed by atoms with Crippen LogP contribution in [0.2, 0.25) is 0 Å². The van der Waals surface area contributed by atoms with Gasteiger partial charge in [-0.1, -0.05) is 45.0 Å². The van der Waals surface area contributed by atoms with Crippen molar-refractivity contribution in [1.82, 2.24) is 20.4 Å². The minimum absolute atomic E-state index is 0.0649. The molecule has 2 N–H and O–H groups in total. The van der Waals surface area contributed by atoms with E-state index in [0.29, 0.717) is 13.1 Å². The minimum atomic E-state index is 0.0649. The van der Waals surface area contributed by atoms with Gasteiger partial charge in [0.2, 0.25) is 0 Å². The van der Waals surface area contributed by atoms with Gasteiger partial charge in [0, 0.05) is 32.6 Å². The van der Waals surface area contributed by atoms with Gasteiger partial charge >= 0.3 is 0 Å². The quantitative estimate of drug-likeness (QED) is 0.553. The Labute approximate surface area is 163 Å². The summed E-state index contributed by atoms with van der Waals surface area (Å²) in [5, 5.41) is 11.0. The van der Waals surface area contributed by atoms with E-state index in [1.54, 1.807) is 13.3 Å². The summed E-state index contributed by atoms with van der Waals surface area (Å²) < 4.78 is 7.56. The fourth-order valence-electron chi connectivity index (χ4n) is 2.87. The summed E-state index contributed by atoms with van der Waals surface area (Å²) in [4.78, 5) is 4.77. The molecule has 6 heteroatoms. The molecule has 2 aromatic rings. The highest BCUT2D eigenvalue weighted by Crippen LogP contribution is 2.21. The molecule has 0 fully saturated rings. The van der Waals surface area contributed by atoms with Crippen LogP contribution in [0.1, 0.15) is 38.8 Å². The maximum atomic E-state index is 5.63. The topological polar surface area (TPSA) is 63.5 Å². The fourth-order valence-corrected chi connectivity index (χ4v) is 2.87. The molecule has 2 rings (SSSR count). The number of hydrogen-bond acceptors (Lipinski definition) is 3. The maximum absolute atomic E-state index is 5.63. The molecule has 0 aliphatic heterocycles. The standard InChI is InChI=1S/C21H33N5O/c1-6-22-20(24-15-19(27-5)21(2,3)4)23-14-17-10-7-8-11-18(17)16-26-13-9-12-25-26/h7-13,19H,6,14-16H2,1-5H3,(H2,22,23,24). The second-order valence-electron chi connectivity index (χ2n) is 7.64. The Kier molecular flexibility index (Phi) is 7.85. The third-order valence-electron chi connectivity index (χ3n) is 4.47. The van der Waals surface area contributed by atoms with Crippen molar-refractivity contribution < 1.29 is 4.74 Å². The lowest BCUT2D eigenvalue weighted by Gasteiger charge is -2.30. The van der Waals surface area contributed by atoms with Gasteiger partial charge in [0.1, 0.15) is 0 Å². The Hall–Kier alpha value is -2.34. The predicted octanol–water partition coefficient (Wildman–Crippen LogP) is 3.05. The van der Waals surface area contributed by atoms with Gasteiger partial charge in [-0.2, -0.15) is 5.10 Å². The zero-order chi connectivity index (χ0) is 19.7. The first-order valence-corrected chi connectivity index (χ1v) is 9.53. The second kappa shape index (κ2) is 10.1. The molecule has 6 nitrogen and oxygen atoms in total. The van der Waals surface area contributed by atoms with Crippen molar-refractivity contribution in [2.45, 2.75) is 46.9 Å². The van der Waals surface area contributed by atoms with Crippen LogP contribution in [-0.4, -0.2) is 42.0 Å². The van der Waals surface area contributed by atoms with Crippen LogP contribution in [0.3, 0.4) is 0 Å². The molecule has 0 aliphatic rings. The van der Waals surface area contributed by atoms with E-state index < -0.39 is 0 Å². The monoisotopic (exact) mass is 371 g/mol. The van der Waals surface area contributed by atoms with E-state index in [9.17, 15) is 0 Å². The summed E-state index contributed by atoms with van der Waals surface area (Å²) in [6.07, 6.45) is 3.88. The molecule has 148 valence electrons. The third-order valence-corrected chi connectivity index (χ3v) is 4.47. The molecular formula is C21H33N5O. The number of nitrogens with one attached hydrogen (secondary N) is 2. The molecule has 1 aromatic carbocycles. The second-order valence-corrected chi connectivity index (χ2v) is 7.64. The lowest BCUT2D eigenvalue weighted by Crippen LogP contribution is -2.45. The number of methoxy groups -OCH3 is 1. The van der Waals surface area contributed by atoms with Crippen LogP contribution in [0.4, 0.5) is 0 Å². The fraction of sp³-hybridized carbons (Fsp3) is 0.524. The van der Waals surface area contributed by atoms with E-state index in [4.69, 9.17) is 9.73 Å². The summed E-state index contributed by atoms with van der Waals surface area (Å²) >= 11 is 0. The Balaban J connectivity index is 2.06. The number of rotatable bonds is 8. The normalized spacial score (nSPS) is 13.4. The van der Waals surface area contributed by atoms with Crippen molar-refractivity contribution in [2.24, 2.45) is 10.4 Å². The van der Waals surface area contributed by atoms with Crippen molar-refractivity contribution in [3.63, 3.8) is 0 Å². The molecule has 1 aromatic heterocycles. The van der Waals surface area contributed by atoms with E-state index in [1.165, 1.54) is 11.1 Å². The summed E-state index contributed by atoms with van der Waals surface area (Å²) in [6.45, 7) is 11.5. The molecule has 0 saturated carbocycles. The van der Waals surface area contributed by atoms with E-state index >= 15 is 0 Å². The lowest BCUT2D eigenvalue weighted by molar-refractivity contribution is 0.0205. The molecular weight excluding hydrogens is 338 g/mol. The Bertz CT molecular complexity index is 704. The Morgan fingerprint density at radius 3 is 2.52 bits per heavy atom. The van der Waals surface area contributed by atoms with Gasteiger partial charge in [-0.15, -0.1) is 0 Å². The number of hydrogen-bond donors (Lipinski definition) is 2. The van der Waals surface area contributed by atoms with Gasteiger partial charge < -0.3 is 15.4 Å². The molecule has 0 saturated heterocycles. The summed E-state index contributed by atoms with van der Waals surface area (Å²) in [6, 6.07) is 10.3.